The summed E-state index contributed by atoms with van der Waals surface area (Å²) in [4.78, 5) is 0. The van der Waals surface area contributed by atoms with Gasteiger partial charge in [0.05, 0.1) is 0 Å². The Balaban J connectivity index is -0.0000000133. The van der Waals surface area contributed by atoms with E-state index in [0.717, 1.165) is 0 Å². The molecule has 31 valence electrons. The Bertz CT molecular complexity index is 11.6. The zero-order valence-electron chi connectivity index (χ0n) is 2.17. The minimum absolute atomic E-state index is 0. The third kappa shape index (κ3) is 20.3. The second-order valence-electron chi connectivity index (χ2n) is 0. The Morgan fingerprint density at radius 2 is 1.40 bits per heavy atom. The van der Waals surface area contributed by atoms with Crippen LogP contribution in [0.15, 0.2) is 0 Å². The van der Waals surface area contributed by atoms with Gasteiger partial charge in [-0.25, -0.2) is 0 Å². The SMILES string of the molecule is [Br][Ag].[In].[O]=[Sn]. The van der Waals surface area contributed by atoms with Crippen LogP contribution in [0.3, 0.4) is 0 Å². The third-order valence-electron chi connectivity index (χ3n) is 0. The van der Waals surface area contributed by atoms with Gasteiger partial charge >= 0.3 is 57.5 Å². The molecule has 0 fully saturated rings. The summed E-state index contributed by atoms with van der Waals surface area (Å²) in [6.07, 6.45) is 0. The van der Waals surface area contributed by atoms with Gasteiger partial charge in [-0.15, -0.1) is 0 Å². The van der Waals surface area contributed by atoms with E-state index in [1.54, 1.807) is 0 Å². The molecule has 0 rings (SSSR count). The molecule has 0 aliphatic carbocycles. The molecule has 0 saturated heterocycles. The molecular weight excluding hydrogens is 437 g/mol. The normalized spacial score (nSPS) is 2.20. The average Bonchev–Trinajstić information content (AvgIpc) is 1.50. The summed E-state index contributed by atoms with van der Waals surface area (Å²) in [5, 5.41) is 0. The summed E-state index contributed by atoms with van der Waals surface area (Å²) < 4.78 is 8.34. The van der Waals surface area contributed by atoms with E-state index >= 15 is 0 Å². The van der Waals surface area contributed by atoms with Crippen LogP contribution in [0.4, 0.5) is 0 Å². The Labute approximate surface area is 81.8 Å². The summed E-state index contributed by atoms with van der Waals surface area (Å²) in [5.41, 5.74) is 0. The third-order valence-corrected chi connectivity index (χ3v) is 0. The molecule has 0 aliphatic rings. The van der Waals surface area contributed by atoms with Crippen LogP contribution in [0.25, 0.3) is 0 Å². The summed E-state index contributed by atoms with van der Waals surface area (Å²) in [5.74, 6) is 0. The van der Waals surface area contributed by atoms with Crippen molar-refractivity contribution in [2.24, 2.45) is 0 Å². The number of rotatable bonds is 0. The molecule has 5 radical (unpaired) electrons. The molecule has 0 bridgehead atoms. The van der Waals surface area contributed by atoms with Crippen LogP contribution in [0.2, 0.25) is 0 Å². The van der Waals surface area contributed by atoms with Gasteiger partial charge in [-0.3, -0.25) is 0 Å². The molecule has 0 N–H and O–H groups in total. The first-order valence-corrected chi connectivity index (χ1v) is 4.87. The number of hydrogen-bond acceptors (Lipinski definition) is 1. The van der Waals surface area contributed by atoms with Crippen LogP contribution < -0.4 is 0 Å². The van der Waals surface area contributed by atoms with Crippen LogP contribution in [0.5, 0.6) is 0 Å². The molecule has 0 atom stereocenters. The second-order valence-corrected chi connectivity index (χ2v) is 0. The molecule has 5 heavy (non-hydrogen) atoms. The molecule has 0 unspecified atom stereocenters. The molecular formula is AgBrInOSn. The van der Waals surface area contributed by atoms with Crippen molar-refractivity contribution in [2.75, 3.05) is 0 Å². The van der Waals surface area contributed by atoms with Crippen molar-refractivity contribution in [3.05, 3.63) is 0 Å². The van der Waals surface area contributed by atoms with E-state index in [2.05, 4.69) is 32.0 Å². The van der Waals surface area contributed by atoms with Crippen LogP contribution in [-0.2, 0) is 22.0 Å². The van der Waals surface area contributed by atoms with Gasteiger partial charge in [-0.05, 0) is 0 Å². The van der Waals surface area contributed by atoms with Crippen molar-refractivity contribution in [3.63, 3.8) is 0 Å². The molecule has 0 amide bonds. The summed E-state index contributed by atoms with van der Waals surface area (Å²) in [6.45, 7) is 0. The molecule has 0 aromatic heterocycles. The summed E-state index contributed by atoms with van der Waals surface area (Å²) >= 11 is 5.81. The molecule has 5 heteroatoms. The minimum atomic E-state index is 0. The van der Waals surface area contributed by atoms with Crippen molar-refractivity contribution in [1.29, 1.82) is 0 Å². The number of halogens is 1. The van der Waals surface area contributed by atoms with E-state index in [9.17, 15) is 0 Å². The van der Waals surface area contributed by atoms with E-state index in [0.29, 0.717) is 22.5 Å². The fraction of sp³-hybridized carbons (Fsp3) is 0. The maximum atomic E-state index is 8.34. The van der Waals surface area contributed by atoms with Crippen LogP contribution in [-0.4, -0.2) is 48.4 Å². The van der Waals surface area contributed by atoms with E-state index in [4.69, 9.17) is 3.08 Å². The Morgan fingerprint density at radius 1 is 1.40 bits per heavy atom. The monoisotopic (exact) mass is 437 g/mol. The molecule has 1 nitrogen and oxygen atoms in total. The van der Waals surface area contributed by atoms with Crippen molar-refractivity contribution >= 4 is 61.4 Å². The van der Waals surface area contributed by atoms with Gasteiger partial charge in [0.15, 0.2) is 0 Å². The van der Waals surface area contributed by atoms with Gasteiger partial charge in [-0.2, -0.15) is 0 Å². The van der Waals surface area contributed by atoms with Crippen molar-refractivity contribution in [3.8, 4) is 0 Å². The van der Waals surface area contributed by atoms with Gasteiger partial charge in [0.1, 0.15) is 0 Å². The molecule has 0 aliphatic heterocycles. The zero-order chi connectivity index (χ0) is 4.00. The fourth-order valence-electron chi connectivity index (χ4n) is 0. The van der Waals surface area contributed by atoms with E-state index in [-0.39, 0.29) is 25.8 Å². The molecule has 0 aromatic carbocycles. The predicted octanol–water partition coefficient (Wildman–Crippen LogP) is -0.0373. The Kier molecular flexibility index (Phi) is 93.7. The van der Waals surface area contributed by atoms with Crippen LogP contribution in [0.1, 0.15) is 0 Å². The van der Waals surface area contributed by atoms with Crippen LogP contribution in [0, 0.1) is 0 Å². The van der Waals surface area contributed by atoms with Gasteiger partial charge in [-0.1, -0.05) is 0 Å². The Morgan fingerprint density at radius 3 is 1.40 bits per heavy atom. The van der Waals surface area contributed by atoms with Gasteiger partial charge in [0.25, 0.3) is 0 Å². The standard InChI is InChI=1S/Ag.BrH.In.O.Sn/h;1H;;;/q+1;;;;/p-1. The van der Waals surface area contributed by atoms with Gasteiger partial charge < -0.3 is 0 Å². The van der Waals surface area contributed by atoms with Crippen LogP contribution >= 0.6 is 13.0 Å². The first-order chi connectivity index (χ1) is 2.00. The van der Waals surface area contributed by atoms with E-state index in [1.165, 1.54) is 0 Å². The number of hydrogen-bond donors (Lipinski definition) is 0. The second kappa shape index (κ2) is 29.9. The van der Waals surface area contributed by atoms with Gasteiger partial charge in [0.2, 0.25) is 0 Å². The topological polar surface area (TPSA) is 17.1 Å². The van der Waals surface area contributed by atoms with Gasteiger partial charge in [0, 0.05) is 25.8 Å². The van der Waals surface area contributed by atoms with Crippen molar-refractivity contribution < 1.29 is 22.0 Å². The molecule has 0 saturated carbocycles. The van der Waals surface area contributed by atoms with Crippen molar-refractivity contribution in [1.82, 2.24) is 0 Å². The van der Waals surface area contributed by atoms with E-state index in [1.807, 2.05) is 0 Å². The quantitative estimate of drug-likeness (QED) is 0.487. The summed E-state index contributed by atoms with van der Waals surface area (Å²) in [7, 11) is 0. The van der Waals surface area contributed by atoms with Crippen molar-refractivity contribution in [2.45, 2.75) is 0 Å². The first kappa shape index (κ1) is 15.6. The summed E-state index contributed by atoms with van der Waals surface area (Å²) in [6, 6.07) is 0. The Hall–Kier alpha value is 2.69. The average molecular weight is 437 g/mol. The first-order valence-electron chi connectivity index (χ1n) is 0.318. The van der Waals surface area contributed by atoms with E-state index < -0.39 is 0 Å². The zero-order valence-corrected chi connectivity index (χ0v) is 11.4. The predicted molar refractivity (Wildman–Crippen MR) is 21.1 cm³/mol. The molecule has 0 spiro atoms. The molecule has 0 heterocycles. The molecule has 0 aromatic rings. The maximum absolute atomic E-state index is 8.34. The fourth-order valence-corrected chi connectivity index (χ4v) is 0.